The van der Waals surface area contributed by atoms with E-state index in [9.17, 15) is 4.79 Å². The normalized spacial score (nSPS) is 14.9. The summed E-state index contributed by atoms with van der Waals surface area (Å²) in [7, 11) is 0. The van der Waals surface area contributed by atoms with Gasteiger partial charge in [0.15, 0.2) is 0 Å². The summed E-state index contributed by atoms with van der Waals surface area (Å²) in [5.41, 5.74) is 3.24. The largest absolute Gasteiger partial charge is 0.458 e. The fourth-order valence-corrected chi connectivity index (χ4v) is 3.00. The van der Waals surface area contributed by atoms with E-state index in [1.807, 2.05) is 55.5 Å². The number of nitrogens with zero attached hydrogens (tertiary/aromatic N) is 3. The van der Waals surface area contributed by atoms with Crippen molar-refractivity contribution in [2.75, 3.05) is 0 Å². The number of aryl methyl sites for hydroxylation is 1. The number of ether oxygens (including phenoxy) is 1. The second-order valence-electron chi connectivity index (χ2n) is 6.49. The van der Waals surface area contributed by atoms with Crippen molar-refractivity contribution in [2.45, 2.75) is 31.8 Å². The number of esters is 1. The smallest absolute Gasteiger partial charge is 0.316 e. The molecular formula is C20H19N3O2. The molecule has 3 aromatic rings. The molecule has 0 aliphatic heterocycles. The maximum atomic E-state index is 12.6. The van der Waals surface area contributed by atoms with E-state index < -0.39 is 5.41 Å². The number of carbonyl (C=O) groups is 1. The molecular weight excluding hydrogens is 314 g/mol. The van der Waals surface area contributed by atoms with Crippen LogP contribution >= 0.6 is 0 Å². The second kappa shape index (κ2) is 6.16. The minimum Gasteiger partial charge on any atom is -0.458 e. The van der Waals surface area contributed by atoms with E-state index in [2.05, 4.69) is 16.3 Å². The number of carbonyl (C=O) groups excluding carboxylic acids is 1. The maximum Gasteiger partial charge on any atom is 0.316 e. The van der Waals surface area contributed by atoms with Crippen LogP contribution in [0.4, 0.5) is 0 Å². The lowest BCUT2D eigenvalue weighted by Gasteiger charge is -2.14. The highest BCUT2D eigenvalue weighted by Gasteiger charge is 2.52. The Morgan fingerprint density at radius 3 is 2.68 bits per heavy atom. The molecule has 1 heterocycles. The molecule has 0 bridgehead atoms. The van der Waals surface area contributed by atoms with Crippen LogP contribution in [0, 0.1) is 6.92 Å². The van der Waals surface area contributed by atoms with E-state index in [0.717, 1.165) is 29.7 Å². The summed E-state index contributed by atoms with van der Waals surface area (Å²) in [6.07, 6.45) is 3.31. The number of hydrogen-bond donors (Lipinski definition) is 0. The third-order valence-corrected chi connectivity index (χ3v) is 4.59. The van der Waals surface area contributed by atoms with Crippen LogP contribution in [0.3, 0.4) is 0 Å². The average molecular weight is 333 g/mol. The van der Waals surface area contributed by atoms with Gasteiger partial charge in [-0.15, -0.1) is 5.10 Å². The van der Waals surface area contributed by atoms with Gasteiger partial charge in [0.25, 0.3) is 0 Å². The highest BCUT2D eigenvalue weighted by atomic mass is 16.5. The van der Waals surface area contributed by atoms with Crippen molar-refractivity contribution in [1.29, 1.82) is 0 Å². The second-order valence-corrected chi connectivity index (χ2v) is 6.49. The standard InChI is InChI=1S/C20H19N3O2/c1-15-6-5-7-16(12-15)20(10-11-20)19(24)25-14-17-13-21-23(22-17)18-8-3-2-4-9-18/h2-9,12-13H,10-11,14H2,1H3. The van der Waals surface area contributed by atoms with Gasteiger partial charge in [0.1, 0.15) is 12.3 Å². The molecule has 5 heteroatoms. The van der Waals surface area contributed by atoms with Gasteiger partial charge in [-0.05, 0) is 37.5 Å². The molecule has 0 N–H and O–H groups in total. The molecule has 5 nitrogen and oxygen atoms in total. The first-order valence-electron chi connectivity index (χ1n) is 8.38. The Hall–Kier alpha value is -2.95. The summed E-state index contributed by atoms with van der Waals surface area (Å²) in [4.78, 5) is 14.2. The van der Waals surface area contributed by atoms with E-state index in [1.165, 1.54) is 4.80 Å². The number of para-hydroxylation sites is 1. The molecule has 0 spiro atoms. The summed E-state index contributed by atoms with van der Waals surface area (Å²) in [5.74, 6) is -0.174. The van der Waals surface area contributed by atoms with Crippen LogP contribution in [0.5, 0.6) is 0 Å². The lowest BCUT2D eigenvalue weighted by Crippen LogP contribution is -2.23. The summed E-state index contributed by atoms with van der Waals surface area (Å²) in [6, 6.07) is 17.7. The van der Waals surface area contributed by atoms with E-state index in [-0.39, 0.29) is 12.6 Å². The molecule has 1 aliphatic carbocycles. The third-order valence-electron chi connectivity index (χ3n) is 4.59. The van der Waals surface area contributed by atoms with E-state index in [4.69, 9.17) is 4.74 Å². The van der Waals surface area contributed by atoms with Crippen LogP contribution < -0.4 is 0 Å². The zero-order valence-electron chi connectivity index (χ0n) is 14.1. The molecule has 1 fully saturated rings. The van der Waals surface area contributed by atoms with Crippen molar-refractivity contribution in [2.24, 2.45) is 0 Å². The minimum atomic E-state index is -0.471. The van der Waals surface area contributed by atoms with E-state index in [0.29, 0.717) is 5.69 Å². The van der Waals surface area contributed by atoms with Gasteiger partial charge in [0.05, 0.1) is 17.3 Å². The Morgan fingerprint density at radius 2 is 1.96 bits per heavy atom. The van der Waals surface area contributed by atoms with Crippen molar-refractivity contribution in [3.05, 3.63) is 77.6 Å². The van der Waals surface area contributed by atoms with Crippen molar-refractivity contribution < 1.29 is 9.53 Å². The van der Waals surface area contributed by atoms with Crippen molar-refractivity contribution in [1.82, 2.24) is 15.0 Å². The maximum absolute atomic E-state index is 12.6. The molecule has 0 unspecified atom stereocenters. The topological polar surface area (TPSA) is 57.0 Å². The highest BCUT2D eigenvalue weighted by molar-refractivity contribution is 5.86. The molecule has 2 aromatic carbocycles. The average Bonchev–Trinajstić information content (AvgIpc) is 3.32. The Labute approximate surface area is 146 Å². The van der Waals surface area contributed by atoms with E-state index in [1.54, 1.807) is 6.20 Å². The predicted molar refractivity (Wildman–Crippen MR) is 93.2 cm³/mol. The van der Waals surface area contributed by atoms with Gasteiger partial charge < -0.3 is 4.74 Å². The number of hydrogen-bond acceptors (Lipinski definition) is 4. The zero-order valence-corrected chi connectivity index (χ0v) is 14.1. The van der Waals surface area contributed by atoms with Crippen LogP contribution in [0.25, 0.3) is 5.69 Å². The molecule has 0 atom stereocenters. The fourth-order valence-electron chi connectivity index (χ4n) is 3.00. The predicted octanol–water partition coefficient (Wildman–Crippen LogP) is 3.35. The lowest BCUT2D eigenvalue weighted by atomic mass is 9.95. The number of rotatable bonds is 5. The van der Waals surface area contributed by atoms with Gasteiger partial charge in [-0.3, -0.25) is 4.79 Å². The first kappa shape index (κ1) is 15.6. The first-order valence-corrected chi connectivity index (χ1v) is 8.38. The van der Waals surface area contributed by atoms with Gasteiger partial charge in [0.2, 0.25) is 0 Å². The van der Waals surface area contributed by atoms with Gasteiger partial charge in [-0.25, -0.2) is 0 Å². The summed E-state index contributed by atoms with van der Waals surface area (Å²) in [5, 5.41) is 8.60. The molecule has 25 heavy (non-hydrogen) atoms. The molecule has 0 radical (unpaired) electrons. The molecule has 0 saturated heterocycles. The van der Waals surface area contributed by atoms with Gasteiger partial charge in [-0.1, -0.05) is 48.0 Å². The minimum absolute atomic E-state index is 0.138. The molecule has 1 aromatic heterocycles. The Balaban J connectivity index is 1.44. The lowest BCUT2D eigenvalue weighted by molar-refractivity contribution is -0.148. The van der Waals surface area contributed by atoms with Crippen molar-refractivity contribution >= 4 is 5.97 Å². The number of benzene rings is 2. The van der Waals surface area contributed by atoms with Crippen LogP contribution in [0.1, 0.15) is 29.7 Å². The molecule has 126 valence electrons. The van der Waals surface area contributed by atoms with Gasteiger partial charge in [-0.2, -0.15) is 9.90 Å². The number of aromatic nitrogens is 3. The molecule has 0 amide bonds. The highest BCUT2D eigenvalue weighted by Crippen LogP contribution is 2.49. The first-order chi connectivity index (χ1) is 12.2. The Morgan fingerprint density at radius 1 is 1.16 bits per heavy atom. The SMILES string of the molecule is Cc1cccc(C2(C(=O)OCc3cnn(-c4ccccc4)n3)CC2)c1. The summed E-state index contributed by atoms with van der Waals surface area (Å²) >= 11 is 0. The molecule has 1 aliphatic rings. The van der Waals surface area contributed by atoms with Gasteiger partial charge >= 0.3 is 5.97 Å². The monoisotopic (exact) mass is 333 g/mol. The fraction of sp³-hybridized carbons (Fsp3) is 0.250. The van der Waals surface area contributed by atoms with Crippen LogP contribution in [-0.2, 0) is 21.6 Å². The Bertz CT molecular complexity index is 898. The van der Waals surface area contributed by atoms with Crippen molar-refractivity contribution in [3.8, 4) is 5.69 Å². The van der Waals surface area contributed by atoms with Crippen LogP contribution in [0.15, 0.2) is 60.8 Å². The van der Waals surface area contributed by atoms with Crippen molar-refractivity contribution in [3.63, 3.8) is 0 Å². The summed E-state index contributed by atoms with van der Waals surface area (Å²) in [6.45, 7) is 2.17. The van der Waals surface area contributed by atoms with Gasteiger partial charge in [0, 0.05) is 0 Å². The quantitative estimate of drug-likeness (QED) is 0.672. The third kappa shape index (κ3) is 3.05. The Kier molecular flexibility index (Phi) is 3.84. The zero-order chi connectivity index (χ0) is 17.3. The molecule has 1 saturated carbocycles. The molecule has 4 rings (SSSR count). The van der Waals surface area contributed by atoms with Crippen LogP contribution in [-0.4, -0.2) is 21.0 Å². The van der Waals surface area contributed by atoms with E-state index >= 15 is 0 Å². The van der Waals surface area contributed by atoms with Crippen LogP contribution in [0.2, 0.25) is 0 Å². The summed E-state index contributed by atoms with van der Waals surface area (Å²) < 4.78 is 5.54.